The van der Waals surface area contributed by atoms with Crippen molar-refractivity contribution >= 4 is 44.4 Å². The van der Waals surface area contributed by atoms with Gasteiger partial charge in [0.05, 0.1) is 11.0 Å². The summed E-state index contributed by atoms with van der Waals surface area (Å²) in [5.74, 6) is 0. The van der Waals surface area contributed by atoms with Gasteiger partial charge < -0.3 is 9.47 Å². The summed E-state index contributed by atoms with van der Waals surface area (Å²) in [5, 5.41) is 2.52. The number of rotatable bonds is 4. The highest BCUT2D eigenvalue weighted by atomic mass is 15.1. The van der Waals surface area contributed by atoms with Crippen molar-refractivity contribution < 1.29 is 0 Å². The molecule has 2 nitrogen and oxygen atoms in total. The zero-order chi connectivity index (χ0) is 27.6. The number of benzene rings is 5. The van der Waals surface area contributed by atoms with Crippen molar-refractivity contribution in [1.82, 2.24) is 4.57 Å². The molecule has 6 aromatic rings. The van der Waals surface area contributed by atoms with Crippen LogP contribution in [0.15, 0.2) is 139 Å². The zero-order valence-electron chi connectivity index (χ0n) is 23.5. The molecule has 5 aromatic carbocycles. The SMILES string of the molecule is CC1(C)C2=C(CCC=C2)c2cc(N(c3ccccc3)c3ccc4c(c3)c3ccccc3n4-c3ccccc3)ccc21. The number of nitrogens with zero attached hydrogens (tertiary/aromatic N) is 2. The van der Waals surface area contributed by atoms with Gasteiger partial charge in [-0.2, -0.15) is 0 Å². The van der Waals surface area contributed by atoms with Gasteiger partial charge in [0.1, 0.15) is 0 Å². The molecular weight excluding hydrogens is 496 g/mol. The number of hydrogen-bond acceptors (Lipinski definition) is 1. The van der Waals surface area contributed by atoms with E-state index in [0.717, 1.165) is 24.2 Å². The summed E-state index contributed by atoms with van der Waals surface area (Å²) in [7, 11) is 0. The van der Waals surface area contributed by atoms with E-state index in [0.29, 0.717) is 0 Å². The van der Waals surface area contributed by atoms with E-state index in [2.05, 4.69) is 157 Å². The first-order valence-corrected chi connectivity index (χ1v) is 14.6. The first-order valence-electron chi connectivity index (χ1n) is 14.6. The van der Waals surface area contributed by atoms with Gasteiger partial charge in [-0.3, -0.25) is 0 Å². The summed E-state index contributed by atoms with van der Waals surface area (Å²) in [5.41, 5.74) is 13.0. The molecule has 0 fully saturated rings. The highest BCUT2D eigenvalue weighted by molar-refractivity contribution is 6.10. The van der Waals surface area contributed by atoms with Gasteiger partial charge in [0.15, 0.2) is 0 Å². The van der Waals surface area contributed by atoms with Crippen molar-refractivity contribution in [2.75, 3.05) is 4.90 Å². The maximum Gasteiger partial charge on any atom is 0.0542 e. The number of aromatic nitrogens is 1. The molecule has 2 aliphatic rings. The third-order valence-electron chi connectivity index (χ3n) is 9.05. The maximum absolute atomic E-state index is 2.43. The summed E-state index contributed by atoms with van der Waals surface area (Å²) in [6.07, 6.45) is 6.93. The lowest BCUT2D eigenvalue weighted by atomic mass is 9.80. The van der Waals surface area contributed by atoms with Crippen LogP contribution < -0.4 is 4.90 Å². The molecule has 0 saturated carbocycles. The van der Waals surface area contributed by atoms with E-state index in [9.17, 15) is 0 Å². The van der Waals surface area contributed by atoms with Crippen LogP contribution in [0.3, 0.4) is 0 Å². The summed E-state index contributed by atoms with van der Waals surface area (Å²) >= 11 is 0. The van der Waals surface area contributed by atoms with Crippen molar-refractivity contribution in [2.24, 2.45) is 0 Å². The molecule has 2 aliphatic carbocycles. The van der Waals surface area contributed by atoms with E-state index in [1.807, 2.05) is 0 Å². The van der Waals surface area contributed by atoms with E-state index in [-0.39, 0.29) is 5.41 Å². The Morgan fingerprint density at radius 1 is 0.634 bits per heavy atom. The van der Waals surface area contributed by atoms with E-state index in [4.69, 9.17) is 0 Å². The molecule has 41 heavy (non-hydrogen) atoms. The molecule has 0 bridgehead atoms. The average Bonchev–Trinajstić information content (AvgIpc) is 3.47. The Hall–Kier alpha value is -4.82. The predicted octanol–water partition coefficient (Wildman–Crippen LogP) is 10.6. The second-order valence-electron chi connectivity index (χ2n) is 11.7. The molecule has 0 amide bonds. The maximum atomic E-state index is 2.43. The molecule has 0 radical (unpaired) electrons. The van der Waals surface area contributed by atoms with Crippen LogP contribution in [0.2, 0.25) is 0 Å². The molecule has 0 saturated heterocycles. The van der Waals surface area contributed by atoms with Crippen molar-refractivity contribution in [1.29, 1.82) is 0 Å². The van der Waals surface area contributed by atoms with Gasteiger partial charge in [-0.05, 0) is 95.8 Å². The lowest BCUT2D eigenvalue weighted by molar-refractivity contribution is 0.651. The number of fused-ring (bicyclic) bond motifs is 5. The van der Waals surface area contributed by atoms with Crippen molar-refractivity contribution in [3.63, 3.8) is 0 Å². The highest BCUT2D eigenvalue weighted by Gasteiger charge is 2.37. The van der Waals surface area contributed by atoms with Crippen molar-refractivity contribution in [3.8, 4) is 5.69 Å². The molecule has 1 heterocycles. The zero-order valence-corrected chi connectivity index (χ0v) is 23.5. The van der Waals surface area contributed by atoms with Crippen LogP contribution in [0.5, 0.6) is 0 Å². The standard InChI is InChI=1S/C39H32N2/c1-39(2)35-19-11-9-17-31(35)33-25-29(21-23-36(33)39)40(27-13-5-3-6-14-27)30-22-24-38-34(26-30)32-18-10-12-20-37(32)41(38)28-15-7-4-8-16-28/h3-8,10-16,18-26H,9,17H2,1-2H3. The minimum atomic E-state index is 0.0376. The molecule has 0 atom stereocenters. The van der Waals surface area contributed by atoms with Gasteiger partial charge in [-0.25, -0.2) is 0 Å². The third-order valence-corrected chi connectivity index (χ3v) is 9.05. The number of anilines is 3. The Morgan fingerprint density at radius 3 is 2.15 bits per heavy atom. The molecule has 1 aromatic heterocycles. The van der Waals surface area contributed by atoms with E-state index >= 15 is 0 Å². The van der Waals surface area contributed by atoms with Crippen LogP contribution in [0.4, 0.5) is 17.1 Å². The Bertz CT molecular complexity index is 2010. The first-order chi connectivity index (χ1) is 20.1. The van der Waals surface area contributed by atoms with Crippen LogP contribution in [0, 0.1) is 0 Å². The largest absolute Gasteiger partial charge is 0.310 e. The monoisotopic (exact) mass is 528 g/mol. The lowest BCUT2D eigenvalue weighted by Gasteiger charge is -2.27. The molecular formula is C39H32N2. The van der Waals surface area contributed by atoms with Crippen molar-refractivity contribution in [2.45, 2.75) is 32.1 Å². The van der Waals surface area contributed by atoms with Gasteiger partial charge in [-0.1, -0.05) is 86.7 Å². The Balaban J connectivity index is 1.35. The fraction of sp³-hybridized carbons (Fsp3) is 0.128. The molecule has 8 rings (SSSR count). The fourth-order valence-corrected chi connectivity index (χ4v) is 7.12. The second-order valence-corrected chi connectivity index (χ2v) is 11.7. The molecule has 0 N–H and O–H groups in total. The van der Waals surface area contributed by atoms with Gasteiger partial charge in [0.2, 0.25) is 0 Å². The van der Waals surface area contributed by atoms with Crippen LogP contribution in [-0.4, -0.2) is 4.57 Å². The third kappa shape index (κ3) is 3.64. The van der Waals surface area contributed by atoms with Crippen LogP contribution >= 0.6 is 0 Å². The second kappa shape index (κ2) is 9.11. The van der Waals surface area contributed by atoms with Crippen molar-refractivity contribution in [3.05, 3.63) is 150 Å². The van der Waals surface area contributed by atoms with Gasteiger partial charge in [-0.15, -0.1) is 0 Å². The quantitative estimate of drug-likeness (QED) is 0.221. The van der Waals surface area contributed by atoms with E-state index in [1.165, 1.54) is 55.5 Å². The number of allylic oxidation sites excluding steroid dienone is 4. The summed E-state index contributed by atoms with van der Waals surface area (Å²) in [6, 6.07) is 44.2. The molecule has 0 aliphatic heterocycles. The van der Waals surface area contributed by atoms with Gasteiger partial charge >= 0.3 is 0 Å². The Morgan fingerprint density at radius 2 is 1.32 bits per heavy atom. The van der Waals surface area contributed by atoms with Crippen LogP contribution in [0.1, 0.15) is 37.8 Å². The molecule has 0 unspecified atom stereocenters. The average molecular weight is 529 g/mol. The smallest absolute Gasteiger partial charge is 0.0542 e. The van der Waals surface area contributed by atoms with Gasteiger partial charge in [0.25, 0.3) is 0 Å². The van der Waals surface area contributed by atoms with E-state index in [1.54, 1.807) is 0 Å². The summed E-state index contributed by atoms with van der Waals surface area (Å²) < 4.78 is 2.38. The highest BCUT2D eigenvalue weighted by Crippen LogP contribution is 2.51. The van der Waals surface area contributed by atoms with Crippen LogP contribution in [-0.2, 0) is 5.41 Å². The minimum absolute atomic E-state index is 0.0376. The first kappa shape index (κ1) is 24.0. The molecule has 198 valence electrons. The normalized spacial score (nSPS) is 15.4. The molecule has 2 heteroatoms. The Labute approximate surface area is 241 Å². The predicted molar refractivity (Wildman–Crippen MR) is 174 cm³/mol. The summed E-state index contributed by atoms with van der Waals surface area (Å²) in [4.78, 5) is 2.42. The summed E-state index contributed by atoms with van der Waals surface area (Å²) in [6.45, 7) is 4.74. The number of para-hydroxylation sites is 3. The van der Waals surface area contributed by atoms with Crippen LogP contribution in [0.25, 0.3) is 33.1 Å². The minimum Gasteiger partial charge on any atom is -0.310 e. The van der Waals surface area contributed by atoms with Gasteiger partial charge in [0, 0.05) is 38.9 Å². The Kier molecular flexibility index (Phi) is 5.33. The topological polar surface area (TPSA) is 8.17 Å². The number of hydrogen-bond donors (Lipinski definition) is 0. The van der Waals surface area contributed by atoms with E-state index < -0.39 is 0 Å². The molecule has 0 spiro atoms. The lowest BCUT2D eigenvalue weighted by Crippen LogP contribution is -2.17. The fourth-order valence-electron chi connectivity index (χ4n) is 7.12.